The lowest BCUT2D eigenvalue weighted by Crippen LogP contribution is -2.30. The molecule has 3 heterocycles. The number of hydrogen-bond acceptors (Lipinski definition) is 5. The maximum atomic E-state index is 13.5. The number of carbonyl (C=O) groups is 1. The van der Waals surface area contributed by atoms with E-state index in [1.54, 1.807) is 49.7 Å². The SMILES string of the molecule is COc1ccc(C2c3c(oc4ccc(Cl)cc4c3=O)C(=O)N2c2cc(C)ccn2)cc1. The third kappa shape index (κ3) is 3.07. The van der Waals surface area contributed by atoms with E-state index in [0.29, 0.717) is 27.6 Å². The number of carbonyl (C=O) groups excluding carboxylic acids is 1. The van der Waals surface area contributed by atoms with E-state index in [-0.39, 0.29) is 16.8 Å². The Balaban J connectivity index is 1.80. The largest absolute Gasteiger partial charge is 0.497 e. The van der Waals surface area contributed by atoms with Gasteiger partial charge in [0, 0.05) is 11.2 Å². The number of fused-ring (bicyclic) bond motifs is 2. The molecule has 7 heteroatoms. The predicted molar refractivity (Wildman–Crippen MR) is 118 cm³/mol. The fraction of sp³-hybridized carbons (Fsp3) is 0.125. The highest BCUT2D eigenvalue weighted by Gasteiger charge is 2.44. The third-order valence-electron chi connectivity index (χ3n) is 5.41. The Kier molecular flexibility index (Phi) is 4.52. The van der Waals surface area contributed by atoms with Crippen LogP contribution in [0.5, 0.6) is 5.75 Å². The fourth-order valence-corrected chi connectivity index (χ4v) is 4.11. The Morgan fingerprint density at radius 2 is 1.84 bits per heavy atom. The van der Waals surface area contributed by atoms with E-state index in [0.717, 1.165) is 11.1 Å². The number of methoxy groups -OCH3 is 1. The molecule has 0 saturated carbocycles. The van der Waals surface area contributed by atoms with Gasteiger partial charge in [-0.05, 0) is 60.5 Å². The number of amides is 1. The Labute approximate surface area is 182 Å². The lowest BCUT2D eigenvalue weighted by Gasteiger charge is -2.24. The number of halogens is 1. The van der Waals surface area contributed by atoms with Gasteiger partial charge in [0.15, 0.2) is 5.43 Å². The summed E-state index contributed by atoms with van der Waals surface area (Å²) in [5.74, 6) is 0.719. The number of rotatable bonds is 3. The van der Waals surface area contributed by atoms with E-state index < -0.39 is 11.9 Å². The maximum absolute atomic E-state index is 13.5. The van der Waals surface area contributed by atoms with Crippen molar-refractivity contribution in [3.63, 3.8) is 0 Å². The minimum atomic E-state index is -0.692. The number of aromatic nitrogens is 1. The number of pyridine rings is 1. The molecule has 1 aliphatic rings. The maximum Gasteiger partial charge on any atom is 0.296 e. The van der Waals surface area contributed by atoms with E-state index in [1.807, 2.05) is 25.1 Å². The van der Waals surface area contributed by atoms with Crippen LogP contribution in [0.2, 0.25) is 5.02 Å². The normalized spacial score (nSPS) is 15.4. The summed E-state index contributed by atoms with van der Waals surface area (Å²) in [7, 11) is 1.58. The first-order chi connectivity index (χ1) is 15.0. The molecule has 1 atom stereocenters. The minimum absolute atomic E-state index is 0.0175. The van der Waals surface area contributed by atoms with Crippen LogP contribution in [0.1, 0.15) is 33.3 Å². The lowest BCUT2D eigenvalue weighted by molar-refractivity contribution is 0.0970. The second-order valence-electron chi connectivity index (χ2n) is 7.36. The molecule has 2 aromatic heterocycles. The van der Waals surface area contributed by atoms with Crippen LogP contribution >= 0.6 is 11.6 Å². The molecule has 6 nitrogen and oxygen atoms in total. The van der Waals surface area contributed by atoms with E-state index in [4.69, 9.17) is 20.8 Å². The van der Waals surface area contributed by atoms with Crippen molar-refractivity contribution in [1.82, 2.24) is 4.98 Å². The molecule has 1 aliphatic heterocycles. The molecular formula is C24H17ClN2O4. The van der Waals surface area contributed by atoms with Crippen LogP contribution in [0.4, 0.5) is 5.82 Å². The van der Waals surface area contributed by atoms with Gasteiger partial charge in [0.1, 0.15) is 17.2 Å². The molecule has 0 saturated heterocycles. The Bertz CT molecular complexity index is 1400. The zero-order valence-electron chi connectivity index (χ0n) is 16.8. The van der Waals surface area contributed by atoms with Gasteiger partial charge in [0.2, 0.25) is 5.76 Å². The van der Waals surface area contributed by atoms with Crippen LogP contribution in [0.3, 0.4) is 0 Å². The third-order valence-corrected chi connectivity index (χ3v) is 5.65. The molecule has 31 heavy (non-hydrogen) atoms. The molecule has 5 rings (SSSR count). The van der Waals surface area contributed by atoms with Gasteiger partial charge in [-0.25, -0.2) is 4.98 Å². The van der Waals surface area contributed by atoms with Crippen molar-refractivity contribution < 1.29 is 13.9 Å². The highest BCUT2D eigenvalue weighted by Crippen LogP contribution is 2.41. The van der Waals surface area contributed by atoms with Gasteiger partial charge < -0.3 is 9.15 Å². The summed E-state index contributed by atoms with van der Waals surface area (Å²) in [6.07, 6.45) is 1.64. The first-order valence-electron chi connectivity index (χ1n) is 9.64. The average Bonchev–Trinajstić information content (AvgIpc) is 3.07. The van der Waals surface area contributed by atoms with E-state index in [9.17, 15) is 9.59 Å². The van der Waals surface area contributed by atoms with Crippen molar-refractivity contribution in [2.24, 2.45) is 0 Å². The average molecular weight is 433 g/mol. The molecule has 0 radical (unpaired) electrons. The molecule has 1 unspecified atom stereocenters. The molecule has 154 valence electrons. The molecule has 0 aliphatic carbocycles. The van der Waals surface area contributed by atoms with Crippen molar-refractivity contribution in [2.45, 2.75) is 13.0 Å². The number of nitrogens with zero attached hydrogens (tertiary/aromatic N) is 2. The van der Waals surface area contributed by atoms with Crippen LogP contribution in [0.15, 0.2) is 70.0 Å². The van der Waals surface area contributed by atoms with Crippen molar-refractivity contribution in [1.29, 1.82) is 0 Å². The number of ether oxygens (including phenoxy) is 1. The number of hydrogen-bond donors (Lipinski definition) is 0. The van der Waals surface area contributed by atoms with Crippen LogP contribution in [0, 0.1) is 6.92 Å². The standard InChI is InChI=1S/C24H17ClN2O4/c1-13-9-10-26-19(11-13)27-21(14-3-6-16(30-2)7-4-14)20-22(28)17-12-15(25)5-8-18(17)31-23(20)24(27)29/h3-12,21H,1-2H3. The first-order valence-corrected chi connectivity index (χ1v) is 10.0. The van der Waals surface area contributed by atoms with E-state index >= 15 is 0 Å². The van der Waals surface area contributed by atoms with Gasteiger partial charge in [0.05, 0.1) is 24.1 Å². The van der Waals surface area contributed by atoms with Gasteiger partial charge in [-0.1, -0.05) is 23.7 Å². The van der Waals surface area contributed by atoms with Crippen molar-refractivity contribution in [3.8, 4) is 5.75 Å². The van der Waals surface area contributed by atoms with Gasteiger partial charge in [0.25, 0.3) is 5.91 Å². The zero-order valence-corrected chi connectivity index (χ0v) is 17.5. The summed E-state index contributed by atoms with van der Waals surface area (Å²) in [6.45, 7) is 1.92. The minimum Gasteiger partial charge on any atom is -0.497 e. The van der Waals surface area contributed by atoms with Gasteiger partial charge in [-0.2, -0.15) is 0 Å². The molecule has 0 fully saturated rings. The Morgan fingerprint density at radius 3 is 2.55 bits per heavy atom. The van der Waals surface area contributed by atoms with E-state index in [1.165, 1.54) is 4.90 Å². The number of aryl methyl sites for hydroxylation is 1. The molecule has 0 bridgehead atoms. The Morgan fingerprint density at radius 1 is 1.06 bits per heavy atom. The monoisotopic (exact) mass is 432 g/mol. The van der Waals surface area contributed by atoms with Crippen LogP contribution in [-0.2, 0) is 0 Å². The molecule has 0 N–H and O–H groups in total. The summed E-state index contributed by atoms with van der Waals surface area (Å²) in [6, 6.07) is 15.0. The van der Waals surface area contributed by atoms with Crippen molar-refractivity contribution >= 4 is 34.3 Å². The molecule has 1 amide bonds. The van der Waals surface area contributed by atoms with Crippen LogP contribution in [-0.4, -0.2) is 18.0 Å². The van der Waals surface area contributed by atoms with Crippen LogP contribution in [0.25, 0.3) is 11.0 Å². The summed E-state index contributed by atoms with van der Waals surface area (Å²) in [5, 5.41) is 0.749. The van der Waals surface area contributed by atoms with Crippen molar-refractivity contribution in [2.75, 3.05) is 12.0 Å². The summed E-state index contributed by atoms with van der Waals surface area (Å²) >= 11 is 6.12. The number of anilines is 1. The number of benzene rings is 2. The van der Waals surface area contributed by atoms with Gasteiger partial charge >= 0.3 is 0 Å². The van der Waals surface area contributed by atoms with Gasteiger partial charge in [-0.15, -0.1) is 0 Å². The quantitative estimate of drug-likeness (QED) is 0.460. The topological polar surface area (TPSA) is 72.6 Å². The zero-order chi connectivity index (χ0) is 21.7. The highest BCUT2D eigenvalue weighted by atomic mass is 35.5. The second-order valence-corrected chi connectivity index (χ2v) is 7.79. The summed E-state index contributed by atoms with van der Waals surface area (Å²) in [4.78, 5) is 32.9. The lowest BCUT2D eigenvalue weighted by atomic mass is 9.98. The molecular weight excluding hydrogens is 416 g/mol. The predicted octanol–water partition coefficient (Wildman–Crippen LogP) is 4.91. The summed E-state index contributed by atoms with van der Waals surface area (Å²) < 4.78 is 11.2. The van der Waals surface area contributed by atoms with Crippen molar-refractivity contribution in [3.05, 3.63) is 98.5 Å². The molecule has 2 aromatic carbocycles. The Hall–Kier alpha value is -3.64. The summed E-state index contributed by atoms with van der Waals surface area (Å²) in [5.41, 5.74) is 1.98. The molecule has 0 spiro atoms. The second kappa shape index (κ2) is 7.25. The smallest absolute Gasteiger partial charge is 0.296 e. The van der Waals surface area contributed by atoms with E-state index in [2.05, 4.69) is 4.98 Å². The van der Waals surface area contributed by atoms with Gasteiger partial charge in [-0.3, -0.25) is 14.5 Å². The fourth-order valence-electron chi connectivity index (χ4n) is 3.93. The molecule has 4 aromatic rings. The van der Waals surface area contributed by atoms with Crippen LogP contribution < -0.4 is 15.1 Å². The highest BCUT2D eigenvalue weighted by molar-refractivity contribution is 6.31. The first kappa shape index (κ1) is 19.3.